The molecule has 1 fully saturated rings. The fraction of sp³-hybridized carbons (Fsp3) is 0.130. The largest absolute Gasteiger partial charge is 0.504 e. The molecule has 0 atom stereocenters. The predicted octanol–water partition coefficient (Wildman–Crippen LogP) is 6.71. The SMILES string of the molecule is CCOc1cc(Br)c(Br)c(/C=C2\SC(=O)N(Cc3cccc4ccccc34)C2=O)c1O. The number of phenolic OH excluding ortho intramolecular Hbond substituents is 1. The number of nitrogens with zero attached hydrogens (tertiary/aromatic N) is 1. The maximum atomic E-state index is 13.1. The first kappa shape index (κ1) is 21.9. The van der Waals surface area contributed by atoms with E-state index in [4.69, 9.17) is 4.74 Å². The van der Waals surface area contributed by atoms with Gasteiger partial charge in [-0.05, 0) is 79.0 Å². The van der Waals surface area contributed by atoms with Gasteiger partial charge in [0, 0.05) is 14.5 Å². The number of imide groups is 1. The summed E-state index contributed by atoms with van der Waals surface area (Å²) in [5, 5.41) is 12.3. The first-order valence-electron chi connectivity index (χ1n) is 9.46. The predicted molar refractivity (Wildman–Crippen MR) is 130 cm³/mol. The van der Waals surface area contributed by atoms with Crippen molar-refractivity contribution in [2.75, 3.05) is 6.61 Å². The zero-order valence-corrected chi connectivity index (χ0v) is 20.4. The van der Waals surface area contributed by atoms with Gasteiger partial charge in [0.2, 0.25) is 0 Å². The Labute approximate surface area is 200 Å². The summed E-state index contributed by atoms with van der Waals surface area (Å²) in [6.07, 6.45) is 1.51. The normalized spacial score (nSPS) is 15.3. The lowest BCUT2D eigenvalue weighted by molar-refractivity contribution is -0.123. The van der Waals surface area contributed by atoms with Gasteiger partial charge in [-0.2, -0.15) is 0 Å². The molecular formula is C23H17Br2NO4S. The second-order valence-corrected chi connectivity index (χ2v) is 9.41. The van der Waals surface area contributed by atoms with Gasteiger partial charge >= 0.3 is 0 Å². The fourth-order valence-electron chi connectivity index (χ4n) is 3.38. The number of hydrogen-bond acceptors (Lipinski definition) is 5. The molecule has 31 heavy (non-hydrogen) atoms. The molecular weight excluding hydrogens is 546 g/mol. The molecule has 0 unspecified atom stereocenters. The molecule has 0 aliphatic carbocycles. The van der Waals surface area contributed by atoms with Crippen LogP contribution in [-0.4, -0.2) is 27.8 Å². The number of aromatic hydroxyl groups is 1. The van der Waals surface area contributed by atoms with Crippen molar-refractivity contribution in [1.82, 2.24) is 4.90 Å². The summed E-state index contributed by atoms with van der Waals surface area (Å²) in [5.74, 6) is -0.205. The molecule has 8 heteroatoms. The van der Waals surface area contributed by atoms with Crippen LogP contribution in [0.4, 0.5) is 4.79 Å². The maximum absolute atomic E-state index is 13.1. The van der Waals surface area contributed by atoms with Crippen LogP contribution in [0.25, 0.3) is 16.8 Å². The van der Waals surface area contributed by atoms with Gasteiger partial charge in [-0.3, -0.25) is 14.5 Å². The summed E-state index contributed by atoms with van der Waals surface area (Å²) in [5.41, 5.74) is 1.26. The third kappa shape index (κ3) is 4.24. The molecule has 5 nitrogen and oxygen atoms in total. The Balaban J connectivity index is 1.68. The van der Waals surface area contributed by atoms with Gasteiger partial charge in [0.05, 0.1) is 18.1 Å². The van der Waals surface area contributed by atoms with Crippen molar-refractivity contribution in [2.24, 2.45) is 0 Å². The smallest absolute Gasteiger partial charge is 0.293 e. The third-order valence-electron chi connectivity index (χ3n) is 4.85. The Morgan fingerprint density at radius 3 is 2.65 bits per heavy atom. The molecule has 1 N–H and O–H groups in total. The molecule has 158 valence electrons. The standard InChI is InChI=1S/C23H17Br2NO4S/c1-2-30-18-11-17(24)20(25)16(21(18)27)10-19-22(28)26(23(29)31-19)12-14-8-5-7-13-6-3-4-9-15(13)14/h3-11,27H,2,12H2,1H3/b19-10-. The van der Waals surface area contributed by atoms with Gasteiger partial charge in [-0.25, -0.2) is 0 Å². The van der Waals surface area contributed by atoms with Crippen LogP contribution < -0.4 is 4.74 Å². The van der Waals surface area contributed by atoms with Crippen LogP contribution in [0.5, 0.6) is 11.5 Å². The highest BCUT2D eigenvalue weighted by Gasteiger charge is 2.35. The van der Waals surface area contributed by atoms with Crippen LogP contribution in [0.2, 0.25) is 0 Å². The third-order valence-corrected chi connectivity index (χ3v) is 7.77. The van der Waals surface area contributed by atoms with Crippen molar-refractivity contribution in [3.63, 3.8) is 0 Å². The van der Waals surface area contributed by atoms with E-state index in [2.05, 4.69) is 31.9 Å². The minimum absolute atomic E-state index is 0.0993. The molecule has 1 aliphatic heterocycles. The second kappa shape index (κ2) is 9.06. The number of hydrogen-bond donors (Lipinski definition) is 1. The number of thioether (sulfide) groups is 1. The summed E-state index contributed by atoms with van der Waals surface area (Å²) < 4.78 is 6.69. The van der Waals surface area contributed by atoms with E-state index in [1.165, 1.54) is 11.0 Å². The van der Waals surface area contributed by atoms with E-state index in [-0.39, 0.29) is 22.4 Å². The fourth-order valence-corrected chi connectivity index (χ4v) is 5.04. The lowest BCUT2D eigenvalue weighted by Gasteiger charge is -2.14. The van der Waals surface area contributed by atoms with Gasteiger partial charge < -0.3 is 9.84 Å². The van der Waals surface area contributed by atoms with Gasteiger partial charge in [-0.15, -0.1) is 0 Å². The van der Waals surface area contributed by atoms with E-state index in [1.54, 1.807) is 6.07 Å². The topological polar surface area (TPSA) is 66.8 Å². The van der Waals surface area contributed by atoms with Gasteiger partial charge in [0.15, 0.2) is 11.5 Å². The van der Waals surface area contributed by atoms with Crippen LogP contribution in [0.1, 0.15) is 18.1 Å². The highest BCUT2D eigenvalue weighted by molar-refractivity contribution is 9.13. The van der Waals surface area contributed by atoms with Crippen LogP contribution in [0.15, 0.2) is 62.4 Å². The molecule has 1 saturated heterocycles. The summed E-state index contributed by atoms with van der Waals surface area (Å²) in [6.45, 7) is 2.37. The molecule has 0 aromatic heterocycles. The number of phenols is 1. The molecule has 3 aromatic carbocycles. The number of halogens is 2. The second-order valence-electron chi connectivity index (χ2n) is 6.77. The summed E-state index contributed by atoms with van der Waals surface area (Å²) in [4.78, 5) is 27.2. The number of benzene rings is 3. The lowest BCUT2D eigenvalue weighted by atomic mass is 10.0. The van der Waals surface area contributed by atoms with Crippen LogP contribution in [-0.2, 0) is 11.3 Å². The quantitative estimate of drug-likeness (QED) is 0.350. The number of amides is 2. The monoisotopic (exact) mass is 561 g/mol. The average molecular weight is 563 g/mol. The summed E-state index contributed by atoms with van der Waals surface area (Å²) in [6, 6.07) is 15.3. The number of carbonyl (C=O) groups is 2. The van der Waals surface area contributed by atoms with Crippen molar-refractivity contribution in [1.29, 1.82) is 0 Å². The Hall–Kier alpha value is -2.29. The number of carbonyl (C=O) groups excluding carboxylic acids is 2. The van der Waals surface area contributed by atoms with E-state index in [0.717, 1.165) is 28.1 Å². The number of fused-ring (bicyclic) bond motifs is 1. The Kier molecular flexibility index (Phi) is 6.41. The first-order valence-corrected chi connectivity index (χ1v) is 11.9. The zero-order valence-electron chi connectivity index (χ0n) is 16.4. The van der Waals surface area contributed by atoms with Crippen LogP contribution in [0.3, 0.4) is 0 Å². The number of ether oxygens (including phenoxy) is 1. The lowest BCUT2D eigenvalue weighted by Crippen LogP contribution is -2.27. The van der Waals surface area contributed by atoms with Crippen LogP contribution >= 0.6 is 43.6 Å². The van der Waals surface area contributed by atoms with E-state index >= 15 is 0 Å². The van der Waals surface area contributed by atoms with Crippen LogP contribution in [0, 0.1) is 0 Å². The first-order chi connectivity index (χ1) is 14.9. The molecule has 1 aliphatic rings. The minimum Gasteiger partial charge on any atom is -0.504 e. The van der Waals surface area contributed by atoms with Gasteiger partial charge in [0.25, 0.3) is 11.1 Å². The van der Waals surface area contributed by atoms with E-state index in [9.17, 15) is 14.7 Å². The van der Waals surface area contributed by atoms with Crippen molar-refractivity contribution in [2.45, 2.75) is 13.5 Å². The van der Waals surface area contributed by atoms with Crippen molar-refractivity contribution in [3.8, 4) is 11.5 Å². The minimum atomic E-state index is -0.396. The molecule has 0 saturated carbocycles. The molecule has 0 spiro atoms. The Morgan fingerprint density at radius 1 is 1.13 bits per heavy atom. The zero-order chi connectivity index (χ0) is 22.1. The molecule has 1 heterocycles. The van der Waals surface area contributed by atoms with E-state index in [0.29, 0.717) is 26.9 Å². The van der Waals surface area contributed by atoms with Gasteiger partial charge in [-0.1, -0.05) is 42.5 Å². The number of rotatable bonds is 5. The van der Waals surface area contributed by atoms with Gasteiger partial charge in [0.1, 0.15) is 0 Å². The van der Waals surface area contributed by atoms with Crippen molar-refractivity contribution in [3.05, 3.63) is 73.5 Å². The maximum Gasteiger partial charge on any atom is 0.293 e. The van der Waals surface area contributed by atoms with Crippen molar-refractivity contribution < 1.29 is 19.4 Å². The average Bonchev–Trinajstić information content (AvgIpc) is 3.02. The molecule has 0 radical (unpaired) electrons. The molecule has 3 aromatic rings. The highest BCUT2D eigenvalue weighted by atomic mass is 79.9. The van der Waals surface area contributed by atoms with E-state index < -0.39 is 5.91 Å². The Morgan fingerprint density at radius 2 is 1.87 bits per heavy atom. The molecule has 4 rings (SSSR count). The summed E-state index contributed by atoms with van der Waals surface area (Å²) >= 11 is 7.70. The molecule has 0 bridgehead atoms. The van der Waals surface area contributed by atoms with E-state index in [1.807, 2.05) is 49.4 Å². The summed E-state index contributed by atoms with van der Waals surface area (Å²) in [7, 11) is 0. The van der Waals surface area contributed by atoms with Crippen molar-refractivity contribution >= 4 is 71.6 Å². The molecule has 2 amide bonds. The Bertz CT molecular complexity index is 1240. The highest BCUT2D eigenvalue weighted by Crippen LogP contribution is 2.44.